The molecule has 0 amide bonds. The van der Waals surface area contributed by atoms with Crippen LogP contribution < -0.4 is 10.6 Å². The highest BCUT2D eigenvalue weighted by Gasteiger charge is 1.92. The molecule has 0 aliphatic heterocycles. The van der Waals surface area contributed by atoms with E-state index in [-0.39, 0.29) is 0 Å². The summed E-state index contributed by atoms with van der Waals surface area (Å²) in [7, 11) is 3.83. The van der Waals surface area contributed by atoms with Gasteiger partial charge in [0.25, 0.3) is 0 Å². The van der Waals surface area contributed by atoms with Gasteiger partial charge in [-0.05, 0) is 12.1 Å². The van der Waals surface area contributed by atoms with E-state index in [1.807, 2.05) is 52.2 Å². The highest BCUT2D eigenvalue weighted by molar-refractivity contribution is 5.67. The van der Waals surface area contributed by atoms with Crippen molar-refractivity contribution in [3.8, 4) is 0 Å². The molecule has 0 fully saturated rings. The van der Waals surface area contributed by atoms with E-state index < -0.39 is 0 Å². The summed E-state index contributed by atoms with van der Waals surface area (Å²) in [6, 6.07) is 8.08. The summed E-state index contributed by atoms with van der Waals surface area (Å²) in [6.45, 7) is 4.00. The molecule has 68 valence electrons. The van der Waals surface area contributed by atoms with Crippen LogP contribution in [0.4, 0.5) is 11.4 Å². The maximum atomic E-state index is 3.08. The Hall–Kier alpha value is -1.18. The first-order valence-electron chi connectivity index (χ1n) is 4.33. The molecule has 2 N–H and O–H groups in total. The molecule has 2 nitrogen and oxygen atoms in total. The number of nitrogens with one attached hydrogen (secondary N) is 2. The first kappa shape index (κ1) is 10.8. The van der Waals surface area contributed by atoms with Crippen molar-refractivity contribution in [3.05, 3.63) is 24.3 Å². The molecular formula is C10H18N2. The SMILES string of the molecule is CC.CNc1ccccc1NC. The van der Waals surface area contributed by atoms with Crippen LogP contribution in [0.1, 0.15) is 13.8 Å². The molecule has 0 aliphatic carbocycles. The molecule has 0 atom stereocenters. The monoisotopic (exact) mass is 166 g/mol. The van der Waals surface area contributed by atoms with Crippen LogP contribution in [0.5, 0.6) is 0 Å². The fourth-order valence-corrected chi connectivity index (χ4v) is 0.919. The Morgan fingerprint density at radius 2 is 1.17 bits per heavy atom. The summed E-state index contributed by atoms with van der Waals surface area (Å²) in [4.78, 5) is 0. The summed E-state index contributed by atoms with van der Waals surface area (Å²) in [5.74, 6) is 0. The number of benzene rings is 1. The molecule has 0 aromatic heterocycles. The van der Waals surface area contributed by atoms with Gasteiger partial charge < -0.3 is 10.6 Å². The molecule has 12 heavy (non-hydrogen) atoms. The minimum absolute atomic E-state index is 1.13. The van der Waals surface area contributed by atoms with E-state index >= 15 is 0 Å². The zero-order chi connectivity index (χ0) is 9.40. The Kier molecular flexibility index (Phi) is 5.88. The lowest BCUT2D eigenvalue weighted by molar-refractivity contribution is 1.45. The lowest BCUT2D eigenvalue weighted by Gasteiger charge is -2.06. The van der Waals surface area contributed by atoms with E-state index in [1.54, 1.807) is 0 Å². The summed E-state index contributed by atoms with van der Waals surface area (Å²) < 4.78 is 0. The van der Waals surface area contributed by atoms with Crippen molar-refractivity contribution in [2.75, 3.05) is 24.7 Å². The Labute approximate surface area is 75.0 Å². The van der Waals surface area contributed by atoms with Crippen LogP contribution in [0.2, 0.25) is 0 Å². The minimum atomic E-state index is 1.13. The molecule has 0 unspecified atom stereocenters. The number of para-hydroxylation sites is 2. The van der Waals surface area contributed by atoms with Crippen molar-refractivity contribution >= 4 is 11.4 Å². The van der Waals surface area contributed by atoms with Gasteiger partial charge in [-0.2, -0.15) is 0 Å². The summed E-state index contributed by atoms with van der Waals surface area (Å²) >= 11 is 0. The largest absolute Gasteiger partial charge is 0.386 e. The van der Waals surface area contributed by atoms with Crippen molar-refractivity contribution < 1.29 is 0 Å². The molecule has 2 heteroatoms. The van der Waals surface area contributed by atoms with Gasteiger partial charge in [-0.1, -0.05) is 26.0 Å². The van der Waals surface area contributed by atoms with Crippen molar-refractivity contribution in [2.45, 2.75) is 13.8 Å². The average Bonchev–Trinajstić information content (AvgIpc) is 2.20. The van der Waals surface area contributed by atoms with Crippen LogP contribution in [0, 0.1) is 0 Å². The molecule has 1 rings (SSSR count). The topological polar surface area (TPSA) is 24.1 Å². The van der Waals surface area contributed by atoms with Crippen molar-refractivity contribution in [1.82, 2.24) is 0 Å². The van der Waals surface area contributed by atoms with E-state index in [0.29, 0.717) is 0 Å². The second-order valence-corrected chi connectivity index (χ2v) is 2.05. The molecule has 1 aromatic carbocycles. The Balaban J connectivity index is 0.000000561. The van der Waals surface area contributed by atoms with Gasteiger partial charge >= 0.3 is 0 Å². The van der Waals surface area contributed by atoms with E-state index in [2.05, 4.69) is 10.6 Å². The Morgan fingerprint density at radius 1 is 0.833 bits per heavy atom. The van der Waals surface area contributed by atoms with Crippen molar-refractivity contribution in [1.29, 1.82) is 0 Å². The predicted molar refractivity (Wildman–Crippen MR) is 56.9 cm³/mol. The highest BCUT2D eigenvalue weighted by Crippen LogP contribution is 2.18. The third kappa shape index (κ3) is 2.82. The van der Waals surface area contributed by atoms with Gasteiger partial charge in [-0.15, -0.1) is 0 Å². The number of anilines is 2. The summed E-state index contributed by atoms with van der Waals surface area (Å²) in [5, 5.41) is 6.17. The summed E-state index contributed by atoms with van der Waals surface area (Å²) in [6.07, 6.45) is 0. The third-order valence-electron chi connectivity index (χ3n) is 1.47. The van der Waals surface area contributed by atoms with Gasteiger partial charge in [-0.3, -0.25) is 0 Å². The van der Waals surface area contributed by atoms with Gasteiger partial charge in [0.1, 0.15) is 0 Å². The van der Waals surface area contributed by atoms with Gasteiger partial charge in [0, 0.05) is 14.1 Å². The van der Waals surface area contributed by atoms with E-state index in [4.69, 9.17) is 0 Å². The quantitative estimate of drug-likeness (QED) is 0.706. The molecule has 1 aromatic rings. The normalized spacial score (nSPS) is 8.00. The van der Waals surface area contributed by atoms with Crippen LogP contribution in [0.25, 0.3) is 0 Å². The van der Waals surface area contributed by atoms with Crippen LogP contribution >= 0.6 is 0 Å². The average molecular weight is 166 g/mol. The van der Waals surface area contributed by atoms with E-state index in [1.165, 1.54) is 0 Å². The van der Waals surface area contributed by atoms with Gasteiger partial charge in [0.15, 0.2) is 0 Å². The molecule has 0 heterocycles. The van der Waals surface area contributed by atoms with Crippen LogP contribution in [0.3, 0.4) is 0 Å². The zero-order valence-corrected chi connectivity index (χ0v) is 8.31. The van der Waals surface area contributed by atoms with Gasteiger partial charge in [-0.25, -0.2) is 0 Å². The molecular weight excluding hydrogens is 148 g/mol. The second-order valence-electron chi connectivity index (χ2n) is 2.05. The maximum Gasteiger partial charge on any atom is 0.0573 e. The smallest absolute Gasteiger partial charge is 0.0573 e. The van der Waals surface area contributed by atoms with Crippen LogP contribution in [-0.2, 0) is 0 Å². The highest BCUT2D eigenvalue weighted by atomic mass is 14.9. The number of rotatable bonds is 2. The molecule has 0 aliphatic rings. The minimum Gasteiger partial charge on any atom is -0.386 e. The van der Waals surface area contributed by atoms with E-state index in [0.717, 1.165) is 11.4 Å². The molecule has 0 saturated carbocycles. The standard InChI is InChI=1S/C8H12N2.C2H6/c1-9-7-5-3-4-6-8(7)10-2;1-2/h3-6,9-10H,1-2H3;1-2H3. The fourth-order valence-electron chi connectivity index (χ4n) is 0.919. The van der Waals surface area contributed by atoms with Crippen LogP contribution in [-0.4, -0.2) is 14.1 Å². The molecule has 0 radical (unpaired) electrons. The Bertz CT molecular complexity index is 186. The second kappa shape index (κ2) is 6.53. The predicted octanol–water partition coefficient (Wildman–Crippen LogP) is 2.80. The van der Waals surface area contributed by atoms with Crippen molar-refractivity contribution in [2.24, 2.45) is 0 Å². The molecule has 0 spiro atoms. The van der Waals surface area contributed by atoms with Crippen molar-refractivity contribution in [3.63, 3.8) is 0 Å². The lowest BCUT2D eigenvalue weighted by Crippen LogP contribution is -1.95. The third-order valence-corrected chi connectivity index (χ3v) is 1.47. The van der Waals surface area contributed by atoms with Gasteiger partial charge in [0.05, 0.1) is 11.4 Å². The lowest BCUT2D eigenvalue weighted by atomic mass is 10.3. The number of hydrogen-bond acceptors (Lipinski definition) is 2. The first-order valence-corrected chi connectivity index (χ1v) is 4.33. The Morgan fingerprint density at radius 3 is 1.42 bits per heavy atom. The van der Waals surface area contributed by atoms with Gasteiger partial charge in [0.2, 0.25) is 0 Å². The van der Waals surface area contributed by atoms with Crippen LogP contribution in [0.15, 0.2) is 24.3 Å². The number of hydrogen-bond donors (Lipinski definition) is 2. The fraction of sp³-hybridized carbons (Fsp3) is 0.400. The molecule has 0 bridgehead atoms. The molecule has 0 saturated heterocycles. The van der Waals surface area contributed by atoms with E-state index in [9.17, 15) is 0 Å². The summed E-state index contributed by atoms with van der Waals surface area (Å²) in [5.41, 5.74) is 2.26. The zero-order valence-electron chi connectivity index (χ0n) is 8.31. The first-order chi connectivity index (χ1) is 5.88. The maximum absolute atomic E-state index is 3.08.